The first-order valence-corrected chi connectivity index (χ1v) is 16.5. The zero-order valence-electron chi connectivity index (χ0n) is 25.4. The molecule has 0 aromatic heterocycles. The van der Waals surface area contributed by atoms with Gasteiger partial charge in [0.15, 0.2) is 6.29 Å². The molecule has 0 radical (unpaired) electrons. The Labute approximate surface area is 243 Å². The van der Waals surface area contributed by atoms with Crippen LogP contribution in [0, 0.1) is 0 Å². The highest BCUT2D eigenvalue weighted by Gasteiger charge is 2.43. The SMILES string of the molecule is CC(O)CCCCCCCCCCCCCCCCCCCCCC(=O)CCO[C@H]1O[C@H](CO)[C@@H](O)[C@H](O)[C@H]1O. The number of hydrogen-bond acceptors (Lipinski definition) is 8. The summed E-state index contributed by atoms with van der Waals surface area (Å²) in [6, 6.07) is 0. The highest BCUT2D eigenvalue weighted by molar-refractivity contribution is 5.78. The maximum Gasteiger partial charge on any atom is 0.186 e. The van der Waals surface area contributed by atoms with Gasteiger partial charge in [0.25, 0.3) is 0 Å². The van der Waals surface area contributed by atoms with Crippen molar-refractivity contribution in [3.8, 4) is 0 Å². The Morgan fingerprint density at radius 3 is 1.50 bits per heavy atom. The largest absolute Gasteiger partial charge is 0.394 e. The fourth-order valence-electron chi connectivity index (χ4n) is 5.39. The molecule has 238 valence electrons. The molecule has 1 rings (SSSR count). The molecule has 0 aliphatic carbocycles. The van der Waals surface area contributed by atoms with Crippen molar-refractivity contribution in [3.05, 3.63) is 0 Å². The number of carbonyl (C=O) groups excluding carboxylic acids is 1. The van der Waals surface area contributed by atoms with Crippen LogP contribution in [0.25, 0.3) is 0 Å². The van der Waals surface area contributed by atoms with E-state index in [-0.39, 0.29) is 24.9 Å². The fraction of sp³-hybridized carbons (Fsp3) is 0.969. The third-order valence-electron chi connectivity index (χ3n) is 8.09. The molecule has 1 heterocycles. The van der Waals surface area contributed by atoms with Gasteiger partial charge in [-0.15, -0.1) is 0 Å². The number of ketones is 1. The summed E-state index contributed by atoms with van der Waals surface area (Å²) in [5.41, 5.74) is 0. The summed E-state index contributed by atoms with van der Waals surface area (Å²) >= 11 is 0. The minimum absolute atomic E-state index is 0.0638. The van der Waals surface area contributed by atoms with Crippen LogP contribution in [-0.4, -0.2) is 81.3 Å². The van der Waals surface area contributed by atoms with Gasteiger partial charge in [0.05, 0.1) is 19.3 Å². The van der Waals surface area contributed by atoms with Gasteiger partial charge >= 0.3 is 0 Å². The normalized spacial score (nSPS) is 23.9. The number of aliphatic hydroxyl groups is 5. The second-order valence-corrected chi connectivity index (χ2v) is 12.0. The maximum absolute atomic E-state index is 12.1. The molecule has 0 amide bonds. The Morgan fingerprint density at radius 1 is 0.650 bits per heavy atom. The molecule has 0 spiro atoms. The second kappa shape index (κ2) is 24.9. The number of carbonyl (C=O) groups is 1. The standard InChI is InChI=1S/C32H62O8/c1-26(34)21-19-17-15-13-11-9-7-5-3-2-4-6-8-10-12-14-16-18-20-22-27(35)23-24-39-32-31(38)30(37)29(36)28(25-33)40-32/h26,28-34,36-38H,2-25H2,1H3/t26?,28-,29-,30+,31-,32+/m1/s1. The molecule has 0 saturated carbocycles. The first-order valence-electron chi connectivity index (χ1n) is 16.5. The average molecular weight is 575 g/mol. The Bertz CT molecular complexity index is 585. The molecule has 6 atom stereocenters. The summed E-state index contributed by atoms with van der Waals surface area (Å²) in [5.74, 6) is 0.101. The molecule has 8 heteroatoms. The highest BCUT2D eigenvalue weighted by Crippen LogP contribution is 2.22. The van der Waals surface area contributed by atoms with Crippen LogP contribution in [0.1, 0.15) is 148 Å². The van der Waals surface area contributed by atoms with Gasteiger partial charge in [-0.1, -0.05) is 116 Å². The van der Waals surface area contributed by atoms with Crippen LogP contribution >= 0.6 is 0 Å². The van der Waals surface area contributed by atoms with Crippen LogP contribution in [0.4, 0.5) is 0 Å². The molecule has 1 fully saturated rings. The van der Waals surface area contributed by atoms with Crippen LogP contribution in [-0.2, 0) is 14.3 Å². The van der Waals surface area contributed by atoms with Crippen LogP contribution in [0.15, 0.2) is 0 Å². The Balaban J connectivity index is 1.80. The lowest BCUT2D eigenvalue weighted by Gasteiger charge is -2.39. The summed E-state index contributed by atoms with van der Waals surface area (Å²) in [6.45, 7) is 1.44. The molecular formula is C32H62O8. The number of ether oxygens (including phenoxy) is 2. The van der Waals surface area contributed by atoms with Crippen molar-refractivity contribution < 1.29 is 39.8 Å². The van der Waals surface area contributed by atoms with Gasteiger partial charge in [0.1, 0.15) is 30.2 Å². The van der Waals surface area contributed by atoms with E-state index in [2.05, 4.69) is 0 Å². The number of Topliss-reactive ketones (excluding diaryl/α,β-unsaturated/α-hetero) is 1. The molecule has 5 N–H and O–H groups in total. The van der Waals surface area contributed by atoms with E-state index in [0.29, 0.717) is 6.42 Å². The Morgan fingerprint density at radius 2 is 1.07 bits per heavy atom. The summed E-state index contributed by atoms with van der Waals surface area (Å²) in [7, 11) is 0. The van der Waals surface area contributed by atoms with Crippen molar-refractivity contribution in [1.29, 1.82) is 0 Å². The molecule has 40 heavy (non-hydrogen) atoms. The lowest BCUT2D eigenvalue weighted by Crippen LogP contribution is -2.59. The lowest BCUT2D eigenvalue weighted by atomic mass is 9.99. The van der Waals surface area contributed by atoms with Crippen molar-refractivity contribution in [2.75, 3.05) is 13.2 Å². The van der Waals surface area contributed by atoms with Gasteiger partial charge in [-0.05, 0) is 19.8 Å². The van der Waals surface area contributed by atoms with Gasteiger partial charge < -0.3 is 35.0 Å². The molecule has 1 saturated heterocycles. The molecule has 1 aliphatic rings. The number of unbranched alkanes of at least 4 members (excludes halogenated alkanes) is 18. The quantitative estimate of drug-likeness (QED) is 0.0830. The highest BCUT2D eigenvalue weighted by atomic mass is 16.7. The molecule has 0 aromatic rings. The minimum Gasteiger partial charge on any atom is -0.394 e. The molecule has 1 aliphatic heterocycles. The van der Waals surface area contributed by atoms with E-state index in [0.717, 1.165) is 25.7 Å². The van der Waals surface area contributed by atoms with E-state index in [1.165, 1.54) is 103 Å². The topological polar surface area (TPSA) is 137 Å². The Kier molecular flexibility index (Phi) is 23.3. The van der Waals surface area contributed by atoms with Gasteiger partial charge in [0, 0.05) is 12.8 Å². The molecular weight excluding hydrogens is 512 g/mol. The monoisotopic (exact) mass is 574 g/mol. The van der Waals surface area contributed by atoms with Crippen molar-refractivity contribution in [3.63, 3.8) is 0 Å². The zero-order chi connectivity index (χ0) is 29.4. The third-order valence-corrected chi connectivity index (χ3v) is 8.09. The molecule has 1 unspecified atom stereocenters. The van der Waals surface area contributed by atoms with Crippen molar-refractivity contribution in [1.82, 2.24) is 0 Å². The fourth-order valence-corrected chi connectivity index (χ4v) is 5.39. The van der Waals surface area contributed by atoms with E-state index in [4.69, 9.17) is 9.47 Å². The summed E-state index contributed by atoms with van der Waals surface area (Å²) in [5, 5.41) is 48.0. The van der Waals surface area contributed by atoms with Crippen molar-refractivity contribution in [2.24, 2.45) is 0 Å². The number of aliphatic hydroxyl groups excluding tert-OH is 5. The molecule has 0 aromatic carbocycles. The van der Waals surface area contributed by atoms with Gasteiger partial charge in [-0.25, -0.2) is 0 Å². The van der Waals surface area contributed by atoms with E-state index in [9.17, 15) is 30.3 Å². The predicted molar refractivity (Wildman–Crippen MR) is 158 cm³/mol. The summed E-state index contributed by atoms with van der Waals surface area (Å²) < 4.78 is 10.7. The van der Waals surface area contributed by atoms with Crippen LogP contribution < -0.4 is 0 Å². The van der Waals surface area contributed by atoms with E-state index >= 15 is 0 Å². The lowest BCUT2D eigenvalue weighted by molar-refractivity contribution is -0.300. The predicted octanol–water partition coefficient (Wildman–Crippen LogP) is 5.34. The molecule has 8 nitrogen and oxygen atoms in total. The third kappa shape index (κ3) is 18.7. The molecule has 0 bridgehead atoms. The maximum atomic E-state index is 12.1. The van der Waals surface area contributed by atoms with Gasteiger partial charge in [0.2, 0.25) is 0 Å². The second-order valence-electron chi connectivity index (χ2n) is 12.0. The summed E-state index contributed by atoms with van der Waals surface area (Å²) in [4.78, 5) is 12.1. The van der Waals surface area contributed by atoms with Crippen LogP contribution in [0.3, 0.4) is 0 Å². The zero-order valence-corrected chi connectivity index (χ0v) is 25.4. The average Bonchev–Trinajstić information content (AvgIpc) is 2.93. The van der Waals surface area contributed by atoms with Crippen molar-refractivity contribution >= 4 is 5.78 Å². The van der Waals surface area contributed by atoms with E-state index in [1.54, 1.807) is 0 Å². The van der Waals surface area contributed by atoms with Crippen LogP contribution in [0.5, 0.6) is 0 Å². The van der Waals surface area contributed by atoms with E-state index < -0.39 is 37.3 Å². The van der Waals surface area contributed by atoms with Gasteiger partial charge in [-0.3, -0.25) is 4.79 Å². The van der Waals surface area contributed by atoms with Gasteiger partial charge in [-0.2, -0.15) is 0 Å². The minimum atomic E-state index is -1.47. The summed E-state index contributed by atoms with van der Waals surface area (Å²) in [6.07, 6.45) is 19.4. The first-order chi connectivity index (χ1) is 19.4. The van der Waals surface area contributed by atoms with Crippen molar-refractivity contribution in [2.45, 2.75) is 185 Å². The smallest absolute Gasteiger partial charge is 0.186 e. The van der Waals surface area contributed by atoms with E-state index in [1.807, 2.05) is 6.92 Å². The first kappa shape index (κ1) is 37.4. The number of hydrogen-bond donors (Lipinski definition) is 5. The number of rotatable bonds is 27. The Hall–Kier alpha value is -0.610. The van der Waals surface area contributed by atoms with Crippen LogP contribution in [0.2, 0.25) is 0 Å².